The lowest BCUT2D eigenvalue weighted by Gasteiger charge is -2.08. The average molecular weight is 278 g/mol. The molecule has 1 N–H and O–H groups in total. The second-order valence-electron chi connectivity index (χ2n) is 4.38. The highest BCUT2D eigenvalue weighted by Crippen LogP contribution is 2.21. The first kappa shape index (κ1) is 13.6. The number of aromatic nitrogens is 2. The van der Waals surface area contributed by atoms with Crippen LogP contribution in [-0.2, 0) is 13.5 Å². The lowest BCUT2D eigenvalue weighted by atomic mass is 10.1. The van der Waals surface area contributed by atoms with Gasteiger partial charge in [0.2, 0.25) is 0 Å². The van der Waals surface area contributed by atoms with Crippen LogP contribution in [0.2, 0.25) is 5.02 Å². The largest absolute Gasteiger partial charge is 0.319 e. The highest BCUT2D eigenvalue weighted by Gasteiger charge is 2.14. The fraction of sp³-hybridized carbons (Fsp3) is 0.286. The van der Waals surface area contributed by atoms with Gasteiger partial charge in [-0.1, -0.05) is 24.6 Å². The molecule has 5 heteroatoms. The first-order valence-corrected chi connectivity index (χ1v) is 6.49. The van der Waals surface area contributed by atoms with Crippen LogP contribution < -0.4 is 5.32 Å². The van der Waals surface area contributed by atoms with Gasteiger partial charge in [-0.25, -0.2) is 0 Å². The summed E-state index contributed by atoms with van der Waals surface area (Å²) in [4.78, 5) is 12.3. The van der Waals surface area contributed by atoms with Crippen molar-refractivity contribution >= 4 is 23.2 Å². The van der Waals surface area contributed by atoms with Crippen LogP contribution in [0.15, 0.2) is 24.4 Å². The van der Waals surface area contributed by atoms with Gasteiger partial charge in [0.15, 0.2) is 0 Å². The molecule has 0 aliphatic rings. The molecular weight excluding hydrogens is 262 g/mol. The monoisotopic (exact) mass is 277 g/mol. The van der Waals surface area contributed by atoms with Gasteiger partial charge < -0.3 is 5.32 Å². The molecule has 0 atom stereocenters. The number of anilines is 1. The molecule has 19 heavy (non-hydrogen) atoms. The average Bonchev–Trinajstić information content (AvgIpc) is 2.72. The second kappa shape index (κ2) is 5.45. The molecule has 1 aromatic heterocycles. The minimum absolute atomic E-state index is 0.164. The van der Waals surface area contributed by atoms with Crippen LogP contribution in [-0.4, -0.2) is 15.7 Å². The Bertz CT molecular complexity index is 619. The van der Waals surface area contributed by atoms with E-state index in [1.807, 2.05) is 20.9 Å². The maximum Gasteiger partial charge on any atom is 0.256 e. The molecule has 0 radical (unpaired) electrons. The quantitative estimate of drug-likeness (QED) is 0.936. The van der Waals surface area contributed by atoms with Crippen LogP contribution in [0.25, 0.3) is 0 Å². The number of nitrogens with one attached hydrogen (secondary N) is 1. The van der Waals surface area contributed by atoms with Crippen molar-refractivity contribution in [1.29, 1.82) is 0 Å². The molecule has 0 unspecified atom stereocenters. The van der Waals surface area contributed by atoms with Crippen LogP contribution in [0.1, 0.15) is 28.5 Å². The molecule has 1 aromatic carbocycles. The molecular formula is C14H16ClN3O. The van der Waals surface area contributed by atoms with Crippen LogP contribution >= 0.6 is 11.6 Å². The van der Waals surface area contributed by atoms with E-state index in [1.165, 1.54) is 0 Å². The van der Waals surface area contributed by atoms with Gasteiger partial charge >= 0.3 is 0 Å². The Morgan fingerprint density at radius 3 is 2.89 bits per heavy atom. The Kier molecular flexibility index (Phi) is 3.90. The summed E-state index contributed by atoms with van der Waals surface area (Å²) in [5.41, 5.74) is 2.98. The van der Waals surface area contributed by atoms with Crippen LogP contribution in [0.5, 0.6) is 0 Å². The van der Waals surface area contributed by atoms with Gasteiger partial charge in [-0.2, -0.15) is 5.10 Å². The summed E-state index contributed by atoms with van der Waals surface area (Å²) in [6, 6.07) is 5.31. The summed E-state index contributed by atoms with van der Waals surface area (Å²) in [5, 5.41) is 7.77. The van der Waals surface area contributed by atoms with E-state index >= 15 is 0 Å². The van der Waals surface area contributed by atoms with Crippen molar-refractivity contribution in [2.24, 2.45) is 7.05 Å². The summed E-state index contributed by atoms with van der Waals surface area (Å²) in [7, 11) is 1.83. The SMILES string of the molecule is CCc1nn(C)cc1NC(=O)c1cccc(Cl)c1C. The molecule has 0 saturated carbocycles. The number of halogens is 1. The third-order valence-corrected chi connectivity index (χ3v) is 3.41. The Morgan fingerprint density at radius 2 is 2.21 bits per heavy atom. The van der Waals surface area contributed by atoms with Gasteiger partial charge in [-0.05, 0) is 31.0 Å². The summed E-state index contributed by atoms with van der Waals surface area (Å²) in [5.74, 6) is -0.164. The standard InChI is InChI=1S/C14H16ClN3O/c1-4-12-13(8-18(3)17-12)16-14(19)10-6-5-7-11(15)9(10)2/h5-8H,4H2,1-3H3,(H,16,19). The van der Waals surface area contributed by atoms with Gasteiger partial charge in [-0.15, -0.1) is 0 Å². The van der Waals surface area contributed by atoms with Gasteiger partial charge in [0.1, 0.15) is 0 Å². The number of nitrogens with zero attached hydrogens (tertiary/aromatic N) is 2. The smallest absolute Gasteiger partial charge is 0.256 e. The van der Waals surface area contributed by atoms with E-state index < -0.39 is 0 Å². The van der Waals surface area contributed by atoms with Crippen molar-refractivity contribution in [1.82, 2.24) is 9.78 Å². The molecule has 0 saturated heterocycles. The van der Waals surface area contributed by atoms with Crippen molar-refractivity contribution < 1.29 is 4.79 Å². The number of aryl methyl sites for hydroxylation is 2. The number of carbonyl (C=O) groups excluding carboxylic acids is 1. The number of benzene rings is 1. The highest BCUT2D eigenvalue weighted by molar-refractivity contribution is 6.32. The van der Waals surface area contributed by atoms with Crippen molar-refractivity contribution in [2.75, 3.05) is 5.32 Å². The van der Waals surface area contributed by atoms with E-state index in [0.29, 0.717) is 10.6 Å². The molecule has 0 aliphatic carbocycles. The summed E-state index contributed by atoms with van der Waals surface area (Å²) < 4.78 is 1.69. The molecule has 2 aromatic rings. The van der Waals surface area contributed by atoms with Crippen molar-refractivity contribution in [3.63, 3.8) is 0 Å². The molecule has 0 bridgehead atoms. The molecule has 0 spiro atoms. The number of hydrogen-bond donors (Lipinski definition) is 1. The van der Waals surface area contributed by atoms with Gasteiger partial charge in [0, 0.05) is 23.8 Å². The van der Waals surface area contributed by atoms with E-state index in [2.05, 4.69) is 10.4 Å². The zero-order valence-corrected chi connectivity index (χ0v) is 12.0. The third-order valence-electron chi connectivity index (χ3n) is 3.00. The van der Waals surface area contributed by atoms with Crippen molar-refractivity contribution in [3.8, 4) is 0 Å². The molecule has 0 fully saturated rings. The van der Waals surface area contributed by atoms with Gasteiger partial charge in [-0.3, -0.25) is 9.48 Å². The lowest BCUT2D eigenvalue weighted by Crippen LogP contribution is -2.14. The zero-order chi connectivity index (χ0) is 14.0. The van der Waals surface area contributed by atoms with E-state index in [-0.39, 0.29) is 5.91 Å². The first-order chi connectivity index (χ1) is 9.02. The molecule has 1 heterocycles. The van der Waals surface area contributed by atoms with Crippen molar-refractivity contribution in [2.45, 2.75) is 20.3 Å². The van der Waals surface area contributed by atoms with Gasteiger partial charge in [0.05, 0.1) is 11.4 Å². The molecule has 2 rings (SSSR count). The predicted molar refractivity (Wildman–Crippen MR) is 76.7 cm³/mol. The maximum absolute atomic E-state index is 12.3. The Labute approximate surface area is 117 Å². The molecule has 0 aliphatic heterocycles. The van der Waals surface area contributed by atoms with E-state index in [4.69, 9.17) is 11.6 Å². The fourth-order valence-corrected chi connectivity index (χ4v) is 2.12. The number of amides is 1. The maximum atomic E-state index is 12.3. The predicted octanol–water partition coefficient (Wildman–Crippen LogP) is 3.20. The van der Waals surface area contributed by atoms with E-state index in [1.54, 1.807) is 29.1 Å². The number of hydrogen-bond acceptors (Lipinski definition) is 2. The number of rotatable bonds is 3. The Morgan fingerprint density at radius 1 is 1.47 bits per heavy atom. The molecule has 100 valence electrons. The third kappa shape index (κ3) is 2.79. The summed E-state index contributed by atoms with van der Waals surface area (Å²) in [6.07, 6.45) is 2.57. The van der Waals surface area contributed by atoms with Crippen molar-refractivity contribution in [3.05, 3.63) is 46.2 Å². The minimum atomic E-state index is -0.164. The minimum Gasteiger partial charge on any atom is -0.319 e. The summed E-state index contributed by atoms with van der Waals surface area (Å²) in [6.45, 7) is 3.84. The van der Waals surface area contributed by atoms with Crippen LogP contribution in [0, 0.1) is 6.92 Å². The fourth-order valence-electron chi connectivity index (χ4n) is 1.94. The van der Waals surface area contributed by atoms with E-state index in [0.717, 1.165) is 23.4 Å². The number of carbonyl (C=O) groups is 1. The normalized spacial score (nSPS) is 10.5. The Balaban J connectivity index is 2.28. The summed E-state index contributed by atoms with van der Waals surface area (Å²) >= 11 is 6.03. The van der Waals surface area contributed by atoms with Crippen LogP contribution in [0.4, 0.5) is 5.69 Å². The molecule has 1 amide bonds. The topological polar surface area (TPSA) is 46.9 Å². The first-order valence-electron chi connectivity index (χ1n) is 6.12. The highest BCUT2D eigenvalue weighted by atomic mass is 35.5. The second-order valence-corrected chi connectivity index (χ2v) is 4.79. The lowest BCUT2D eigenvalue weighted by molar-refractivity contribution is 0.102. The van der Waals surface area contributed by atoms with E-state index in [9.17, 15) is 4.79 Å². The van der Waals surface area contributed by atoms with Gasteiger partial charge in [0.25, 0.3) is 5.91 Å². The van der Waals surface area contributed by atoms with Crippen LogP contribution in [0.3, 0.4) is 0 Å². The zero-order valence-electron chi connectivity index (χ0n) is 11.2. The Hall–Kier alpha value is -1.81. The molecule has 4 nitrogen and oxygen atoms in total.